The van der Waals surface area contributed by atoms with Gasteiger partial charge in [0, 0.05) is 28.5 Å². The average Bonchev–Trinajstić information content (AvgIpc) is 3.00. The highest BCUT2D eigenvalue weighted by atomic mass is 35.5. The molecule has 0 fully saturated rings. The Labute approximate surface area is 210 Å². The van der Waals surface area contributed by atoms with Gasteiger partial charge < -0.3 is 20.3 Å². The van der Waals surface area contributed by atoms with E-state index < -0.39 is 11.8 Å². The number of anilines is 2. The van der Waals surface area contributed by atoms with Gasteiger partial charge in [-0.15, -0.1) is 0 Å². The van der Waals surface area contributed by atoms with Crippen LogP contribution in [0, 0.1) is 5.82 Å². The van der Waals surface area contributed by atoms with Gasteiger partial charge >= 0.3 is 5.97 Å². The number of carboxylic acid groups (broad SMARTS) is 1. The number of hydrogen-bond acceptors (Lipinski definition) is 6. The third-order valence-corrected chi connectivity index (χ3v) is 6.09. The highest BCUT2D eigenvalue weighted by Gasteiger charge is 2.24. The summed E-state index contributed by atoms with van der Waals surface area (Å²) in [5.41, 5.74) is 3.86. The molecule has 0 bridgehead atoms. The molecule has 7 nitrogen and oxygen atoms in total. The lowest BCUT2D eigenvalue weighted by atomic mass is 9.92. The third kappa shape index (κ3) is 4.23. The first-order chi connectivity index (χ1) is 17.4. The van der Waals surface area contributed by atoms with Crippen molar-refractivity contribution in [3.63, 3.8) is 0 Å². The van der Waals surface area contributed by atoms with Crippen LogP contribution in [0.2, 0.25) is 5.02 Å². The molecule has 0 radical (unpaired) electrons. The number of carboxylic acids is 1. The molecule has 0 unspecified atom stereocenters. The lowest BCUT2D eigenvalue weighted by Crippen LogP contribution is -2.07. The summed E-state index contributed by atoms with van der Waals surface area (Å²) in [5, 5.41) is 23.4. The van der Waals surface area contributed by atoms with Gasteiger partial charge in [-0.3, -0.25) is 4.99 Å². The smallest absolute Gasteiger partial charge is 0.339 e. The summed E-state index contributed by atoms with van der Waals surface area (Å²) in [5.74, 6) is -1.19. The molecule has 0 aliphatic carbocycles. The van der Waals surface area contributed by atoms with E-state index in [0.717, 1.165) is 16.7 Å². The monoisotopic (exact) mass is 503 g/mol. The van der Waals surface area contributed by atoms with E-state index in [1.807, 2.05) is 12.1 Å². The molecule has 1 aliphatic heterocycles. The van der Waals surface area contributed by atoms with Crippen LogP contribution in [0.25, 0.3) is 11.1 Å². The SMILES string of the molecule is COc1cc(Nc2cc3c(cn2)CN=C(c2c(O)cccc2F)c2cc(Cl)ccc2-3)ccc1C(=O)O. The van der Waals surface area contributed by atoms with Crippen molar-refractivity contribution >= 4 is 34.8 Å². The minimum atomic E-state index is -1.09. The van der Waals surface area contributed by atoms with Crippen molar-refractivity contribution in [1.29, 1.82) is 0 Å². The fraction of sp³-hybridized carbons (Fsp3) is 0.0741. The number of hydrogen-bond donors (Lipinski definition) is 3. The van der Waals surface area contributed by atoms with Gasteiger partial charge in [-0.05, 0) is 59.2 Å². The Morgan fingerprint density at radius 2 is 1.92 bits per heavy atom. The summed E-state index contributed by atoms with van der Waals surface area (Å²) < 4.78 is 20.0. The Morgan fingerprint density at radius 3 is 2.67 bits per heavy atom. The first-order valence-corrected chi connectivity index (χ1v) is 11.2. The van der Waals surface area contributed by atoms with Crippen molar-refractivity contribution in [2.75, 3.05) is 12.4 Å². The zero-order valence-corrected chi connectivity index (χ0v) is 19.7. The van der Waals surface area contributed by atoms with Gasteiger partial charge in [0.15, 0.2) is 0 Å². The Bertz CT molecular complexity index is 1530. The van der Waals surface area contributed by atoms with Gasteiger partial charge in [-0.25, -0.2) is 14.2 Å². The van der Waals surface area contributed by atoms with E-state index in [-0.39, 0.29) is 29.2 Å². The van der Waals surface area contributed by atoms with Crippen LogP contribution in [-0.2, 0) is 6.54 Å². The van der Waals surface area contributed by atoms with Crippen LogP contribution in [0.5, 0.6) is 11.5 Å². The Morgan fingerprint density at radius 1 is 1.08 bits per heavy atom. The van der Waals surface area contributed by atoms with Crippen LogP contribution in [-0.4, -0.2) is 34.0 Å². The van der Waals surface area contributed by atoms with Crippen LogP contribution in [0.1, 0.15) is 27.0 Å². The van der Waals surface area contributed by atoms with E-state index >= 15 is 0 Å². The zero-order chi connectivity index (χ0) is 25.4. The molecule has 5 rings (SSSR count). The predicted molar refractivity (Wildman–Crippen MR) is 135 cm³/mol. The van der Waals surface area contributed by atoms with Crippen LogP contribution in [0.15, 0.2) is 71.9 Å². The lowest BCUT2D eigenvalue weighted by Gasteiger charge is -2.15. The largest absolute Gasteiger partial charge is 0.507 e. The highest BCUT2D eigenvalue weighted by Crippen LogP contribution is 2.37. The van der Waals surface area contributed by atoms with Gasteiger partial charge in [-0.2, -0.15) is 0 Å². The topological polar surface area (TPSA) is 104 Å². The number of aromatic carboxylic acids is 1. The highest BCUT2D eigenvalue weighted by molar-refractivity contribution is 6.31. The molecule has 3 aromatic carbocycles. The molecule has 0 spiro atoms. The summed E-state index contributed by atoms with van der Waals surface area (Å²) in [6.45, 7) is 0.207. The van der Waals surface area contributed by atoms with Crippen LogP contribution in [0.4, 0.5) is 15.9 Å². The quantitative estimate of drug-likeness (QED) is 0.306. The van der Waals surface area contributed by atoms with Gasteiger partial charge in [0.05, 0.1) is 24.9 Å². The molecule has 1 aromatic heterocycles. The maximum Gasteiger partial charge on any atom is 0.339 e. The number of aromatic hydroxyl groups is 1. The number of methoxy groups -OCH3 is 1. The fourth-order valence-corrected chi connectivity index (χ4v) is 4.35. The van der Waals surface area contributed by atoms with Gasteiger partial charge in [0.1, 0.15) is 28.7 Å². The zero-order valence-electron chi connectivity index (χ0n) is 18.9. The predicted octanol–water partition coefficient (Wildman–Crippen LogP) is 6.05. The van der Waals surface area contributed by atoms with E-state index in [1.165, 1.54) is 31.4 Å². The fourth-order valence-electron chi connectivity index (χ4n) is 4.18. The molecule has 2 heterocycles. The Hall–Kier alpha value is -4.43. The van der Waals surface area contributed by atoms with Crippen molar-refractivity contribution in [2.24, 2.45) is 4.99 Å². The molecule has 36 heavy (non-hydrogen) atoms. The van der Waals surface area contributed by atoms with Gasteiger partial charge in [0.2, 0.25) is 0 Å². The maximum absolute atomic E-state index is 14.8. The average molecular weight is 504 g/mol. The van der Waals surface area contributed by atoms with Gasteiger partial charge in [0.25, 0.3) is 0 Å². The number of nitrogens with one attached hydrogen (secondary N) is 1. The standard InChI is InChI=1S/C27H19ClFN3O4/c1-36-23-10-16(6-8-18(23)27(34)35)32-24-11-19-14(12-30-24)13-31-26(20-9-15(28)5-7-17(19)20)25-21(29)3-2-4-22(25)33/h2-12,33H,13H2,1H3,(H,30,32)(H,34,35). The maximum atomic E-state index is 14.8. The molecule has 3 N–H and O–H groups in total. The van der Waals surface area contributed by atoms with Crippen molar-refractivity contribution < 1.29 is 24.1 Å². The lowest BCUT2D eigenvalue weighted by molar-refractivity contribution is 0.0693. The number of fused-ring (bicyclic) bond motifs is 3. The second-order valence-electron chi connectivity index (χ2n) is 8.06. The third-order valence-electron chi connectivity index (χ3n) is 5.85. The van der Waals surface area contributed by atoms with Gasteiger partial charge in [-0.1, -0.05) is 23.7 Å². The second-order valence-corrected chi connectivity index (χ2v) is 8.50. The number of pyridine rings is 1. The number of phenolic OH excluding ortho intramolecular Hbond substituents is 1. The molecule has 0 saturated carbocycles. The number of nitrogens with zero attached hydrogens (tertiary/aromatic N) is 2. The van der Waals surface area contributed by atoms with Crippen molar-refractivity contribution in [3.05, 3.63) is 100.0 Å². The molecule has 0 atom stereocenters. The molecule has 4 aromatic rings. The van der Waals surface area contributed by atoms with Crippen molar-refractivity contribution in [3.8, 4) is 22.6 Å². The number of halogens is 2. The number of rotatable bonds is 5. The summed E-state index contributed by atoms with van der Waals surface area (Å²) in [4.78, 5) is 20.5. The number of carbonyl (C=O) groups is 1. The van der Waals surface area contributed by atoms with Crippen LogP contribution >= 0.6 is 11.6 Å². The number of benzene rings is 3. The first-order valence-electron chi connectivity index (χ1n) is 10.9. The number of ether oxygens (including phenoxy) is 1. The van der Waals surface area contributed by atoms with E-state index in [1.54, 1.807) is 30.5 Å². The minimum absolute atomic E-state index is 0.00532. The minimum Gasteiger partial charge on any atom is -0.507 e. The first kappa shape index (κ1) is 23.3. The summed E-state index contributed by atoms with van der Waals surface area (Å²) in [6, 6.07) is 15.8. The number of aromatic nitrogens is 1. The Balaban J connectivity index is 1.59. The van der Waals surface area contributed by atoms with E-state index in [0.29, 0.717) is 27.8 Å². The molecule has 0 amide bonds. The molecule has 1 aliphatic rings. The van der Waals surface area contributed by atoms with E-state index in [2.05, 4.69) is 15.3 Å². The van der Waals surface area contributed by atoms with Crippen molar-refractivity contribution in [1.82, 2.24) is 4.98 Å². The molecule has 0 saturated heterocycles. The van der Waals surface area contributed by atoms with Crippen LogP contribution < -0.4 is 10.1 Å². The van der Waals surface area contributed by atoms with E-state index in [4.69, 9.17) is 16.3 Å². The molecule has 180 valence electrons. The normalized spacial score (nSPS) is 12.1. The van der Waals surface area contributed by atoms with Crippen LogP contribution in [0.3, 0.4) is 0 Å². The molecular weight excluding hydrogens is 485 g/mol. The van der Waals surface area contributed by atoms with E-state index in [9.17, 15) is 19.4 Å². The summed E-state index contributed by atoms with van der Waals surface area (Å²) in [6.07, 6.45) is 1.67. The number of aliphatic imine (C=N–C) groups is 1. The summed E-state index contributed by atoms with van der Waals surface area (Å²) >= 11 is 6.30. The molecule has 9 heteroatoms. The number of phenols is 1. The second kappa shape index (κ2) is 9.31. The molecular formula is C27H19ClFN3O4. The van der Waals surface area contributed by atoms with Crippen molar-refractivity contribution in [2.45, 2.75) is 6.54 Å². The summed E-state index contributed by atoms with van der Waals surface area (Å²) in [7, 11) is 1.40. The Kier molecular flexibility index (Phi) is 6.03.